The fourth-order valence-electron chi connectivity index (χ4n) is 6.19. The van der Waals surface area contributed by atoms with Gasteiger partial charge in [-0.05, 0) is 74.8 Å². The van der Waals surface area contributed by atoms with E-state index in [4.69, 9.17) is 0 Å². The second-order valence-electron chi connectivity index (χ2n) is 12.3. The van der Waals surface area contributed by atoms with Crippen molar-refractivity contribution in [3.63, 3.8) is 0 Å². The van der Waals surface area contributed by atoms with E-state index in [2.05, 4.69) is 158 Å². The molecule has 2 unspecified atom stereocenters. The maximum absolute atomic E-state index is 4.09. The van der Waals surface area contributed by atoms with E-state index < -0.39 is 0 Å². The summed E-state index contributed by atoms with van der Waals surface area (Å²) < 4.78 is 0. The van der Waals surface area contributed by atoms with Crippen molar-refractivity contribution in [3.05, 3.63) is 130 Å². The van der Waals surface area contributed by atoms with Crippen molar-refractivity contribution in [1.29, 1.82) is 0 Å². The molecule has 2 atom stereocenters. The molecule has 0 saturated carbocycles. The van der Waals surface area contributed by atoms with Crippen LogP contribution in [-0.2, 0) is 0 Å². The monoisotopic (exact) mass is 517 g/mol. The summed E-state index contributed by atoms with van der Waals surface area (Å²) in [5, 5.41) is 4.09. The van der Waals surface area contributed by atoms with Gasteiger partial charge in [0.15, 0.2) is 0 Å². The van der Waals surface area contributed by atoms with E-state index in [1.54, 1.807) is 0 Å². The first-order chi connectivity index (χ1) is 18.7. The molecule has 1 aliphatic rings. The fraction of sp³-hybridized carbons (Fsp3) is 0.368. The topological polar surface area (TPSA) is 12.0 Å². The maximum Gasteiger partial charge on any atom is 0.0744 e. The number of benzene rings is 3. The molecule has 0 aromatic heterocycles. The fourth-order valence-corrected chi connectivity index (χ4v) is 6.19. The van der Waals surface area contributed by atoms with Gasteiger partial charge in [0.25, 0.3) is 0 Å². The van der Waals surface area contributed by atoms with Gasteiger partial charge in [0.05, 0.1) is 6.04 Å². The molecule has 1 N–H and O–H groups in total. The third-order valence-electron chi connectivity index (χ3n) is 8.01. The van der Waals surface area contributed by atoms with Gasteiger partial charge in [-0.3, -0.25) is 0 Å². The lowest BCUT2D eigenvalue weighted by Gasteiger charge is -2.39. The minimum absolute atomic E-state index is 0.0670. The van der Waals surface area contributed by atoms with E-state index in [0.29, 0.717) is 29.6 Å². The Morgan fingerprint density at radius 3 is 1.69 bits per heavy atom. The molecule has 204 valence electrons. The quantitative estimate of drug-likeness (QED) is 0.297. The Hall–Kier alpha value is -3.32. The number of hydrogen-bond donors (Lipinski definition) is 1. The number of allylic oxidation sites excluding steroid dienone is 4. The molecule has 0 aliphatic heterocycles. The molecule has 0 amide bonds. The second-order valence-corrected chi connectivity index (χ2v) is 12.3. The molecule has 0 bridgehead atoms. The van der Waals surface area contributed by atoms with Crippen LogP contribution >= 0.6 is 0 Å². The number of rotatable bonds is 9. The van der Waals surface area contributed by atoms with Gasteiger partial charge in [-0.1, -0.05) is 140 Å². The Labute approximate surface area is 237 Å². The minimum atomic E-state index is 0.0670. The minimum Gasteiger partial charge on any atom is -0.374 e. The molecule has 1 heteroatoms. The van der Waals surface area contributed by atoms with Crippen LogP contribution in [0.5, 0.6) is 0 Å². The highest BCUT2D eigenvalue weighted by molar-refractivity contribution is 5.64. The molecule has 3 aromatic rings. The smallest absolute Gasteiger partial charge is 0.0744 e. The molecule has 0 radical (unpaired) electrons. The molecule has 0 spiro atoms. The van der Waals surface area contributed by atoms with Crippen molar-refractivity contribution in [3.8, 4) is 0 Å². The van der Waals surface area contributed by atoms with Crippen LogP contribution in [-0.4, -0.2) is 0 Å². The predicted octanol–water partition coefficient (Wildman–Crippen LogP) is 11.0. The summed E-state index contributed by atoms with van der Waals surface area (Å²) in [7, 11) is 0. The van der Waals surface area contributed by atoms with E-state index in [0.717, 1.165) is 5.69 Å². The number of nitrogens with one attached hydrogen (secondary N) is 1. The lowest BCUT2D eigenvalue weighted by atomic mass is 9.68. The van der Waals surface area contributed by atoms with Gasteiger partial charge in [0.2, 0.25) is 0 Å². The van der Waals surface area contributed by atoms with Gasteiger partial charge >= 0.3 is 0 Å². The van der Waals surface area contributed by atoms with Crippen LogP contribution in [0.2, 0.25) is 0 Å². The molecule has 39 heavy (non-hydrogen) atoms. The van der Waals surface area contributed by atoms with Gasteiger partial charge in [-0.25, -0.2) is 0 Å². The first-order valence-electron chi connectivity index (χ1n) is 14.8. The highest BCUT2D eigenvalue weighted by Gasteiger charge is 2.36. The first-order valence-corrected chi connectivity index (χ1v) is 14.8. The Balaban J connectivity index is 2.04. The van der Waals surface area contributed by atoms with Crippen molar-refractivity contribution >= 4 is 11.8 Å². The summed E-state index contributed by atoms with van der Waals surface area (Å²) in [5.74, 6) is 2.02. The SMILES string of the molecule is CC(C)C1=C(C(Nc2ccccc2)c2c(C(C)C)cccc2C(C)C)C(C(C)C)C(=Cc2ccccc2)C=C1. The summed E-state index contributed by atoms with van der Waals surface area (Å²) in [5.41, 5.74) is 11.1. The van der Waals surface area contributed by atoms with Crippen LogP contribution in [0.25, 0.3) is 6.08 Å². The van der Waals surface area contributed by atoms with Crippen LogP contribution in [0.1, 0.15) is 95.5 Å². The van der Waals surface area contributed by atoms with E-state index in [1.165, 1.54) is 39.0 Å². The van der Waals surface area contributed by atoms with Gasteiger partial charge in [0.1, 0.15) is 0 Å². The molecule has 3 aromatic carbocycles. The van der Waals surface area contributed by atoms with Gasteiger partial charge in [-0.2, -0.15) is 0 Å². The van der Waals surface area contributed by atoms with Crippen LogP contribution in [0, 0.1) is 17.8 Å². The zero-order chi connectivity index (χ0) is 28.1. The summed E-state index contributed by atoms with van der Waals surface area (Å²) in [4.78, 5) is 0. The van der Waals surface area contributed by atoms with Gasteiger partial charge < -0.3 is 5.32 Å². The third kappa shape index (κ3) is 6.47. The number of hydrogen-bond acceptors (Lipinski definition) is 1. The van der Waals surface area contributed by atoms with E-state index in [1.807, 2.05) is 0 Å². The average Bonchev–Trinajstić information content (AvgIpc) is 2.92. The van der Waals surface area contributed by atoms with Crippen LogP contribution < -0.4 is 5.32 Å². The van der Waals surface area contributed by atoms with Crippen molar-refractivity contribution in [1.82, 2.24) is 0 Å². The third-order valence-corrected chi connectivity index (χ3v) is 8.01. The summed E-state index contributed by atoms with van der Waals surface area (Å²) in [6.07, 6.45) is 7.18. The van der Waals surface area contributed by atoms with Crippen LogP contribution in [0.15, 0.2) is 108 Å². The standard InChI is InChI=1S/C38H47N/c1-25(2)32-20-15-21-33(26(3)4)36(32)38(39-31-18-13-10-14-19-31)37-34(27(5)6)23-22-30(35(37)28(7)8)24-29-16-11-9-12-17-29/h9-28,35,38-39H,1-8H3. The van der Waals surface area contributed by atoms with Gasteiger partial charge in [-0.15, -0.1) is 0 Å². The van der Waals surface area contributed by atoms with E-state index in [9.17, 15) is 0 Å². The lowest BCUT2D eigenvalue weighted by molar-refractivity contribution is 0.476. The molecular formula is C38H47N. The summed E-state index contributed by atoms with van der Waals surface area (Å²) >= 11 is 0. The molecule has 0 heterocycles. The average molecular weight is 518 g/mol. The Kier molecular flexibility index (Phi) is 9.33. The van der Waals surface area contributed by atoms with Gasteiger partial charge in [0, 0.05) is 11.6 Å². The van der Waals surface area contributed by atoms with E-state index >= 15 is 0 Å². The molecule has 0 saturated heterocycles. The first kappa shape index (κ1) is 28.7. The summed E-state index contributed by atoms with van der Waals surface area (Å²) in [6.45, 7) is 18.8. The molecular weight excluding hydrogens is 470 g/mol. The molecule has 4 rings (SSSR count). The number of anilines is 1. The van der Waals surface area contributed by atoms with Crippen LogP contribution in [0.4, 0.5) is 5.69 Å². The van der Waals surface area contributed by atoms with Crippen molar-refractivity contribution in [2.45, 2.75) is 73.3 Å². The molecule has 0 fully saturated rings. The largest absolute Gasteiger partial charge is 0.374 e. The lowest BCUT2D eigenvalue weighted by Crippen LogP contribution is -2.29. The highest BCUT2D eigenvalue weighted by atomic mass is 14.9. The van der Waals surface area contributed by atoms with Crippen LogP contribution in [0.3, 0.4) is 0 Å². The molecule has 1 aliphatic carbocycles. The summed E-state index contributed by atoms with van der Waals surface area (Å²) in [6, 6.07) is 28.6. The zero-order valence-corrected chi connectivity index (χ0v) is 25.2. The Morgan fingerprint density at radius 1 is 0.615 bits per heavy atom. The predicted molar refractivity (Wildman–Crippen MR) is 171 cm³/mol. The maximum atomic E-state index is 4.09. The van der Waals surface area contributed by atoms with Crippen molar-refractivity contribution in [2.75, 3.05) is 5.32 Å². The second kappa shape index (κ2) is 12.7. The normalized spacial score (nSPS) is 17.6. The number of para-hydroxylation sites is 1. The van der Waals surface area contributed by atoms with Crippen molar-refractivity contribution in [2.24, 2.45) is 17.8 Å². The molecule has 1 nitrogen and oxygen atoms in total. The Morgan fingerprint density at radius 2 is 1.18 bits per heavy atom. The highest BCUT2D eigenvalue weighted by Crippen LogP contribution is 2.48. The zero-order valence-electron chi connectivity index (χ0n) is 25.2. The van der Waals surface area contributed by atoms with E-state index in [-0.39, 0.29) is 6.04 Å². The Bertz CT molecular complexity index is 1290. The van der Waals surface area contributed by atoms with Crippen molar-refractivity contribution < 1.29 is 0 Å².